The zero-order valence-corrected chi connectivity index (χ0v) is 32.7. The van der Waals surface area contributed by atoms with Crippen molar-refractivity contribution in [2.45, 2.75) is 77.0 Å². The molecule has 294 valence electrons. The van der Waals surface area contributed by atoms with Gasteiger partial charge in [-0.3, -0.25) is 14.9 Å². The molecule has 0 spiro atoms. The van der Waals surface area contributed by atoms with Gasteiger partial charge in [-0.2, -0.15) is 0 Å². The molecule has 14 nitrogen and oxygen atoms in total. The lowest BCUT2D eigenvalue weighted by molar-refractivity contribution is -0.135. The van der Waals surface area contributed by atoms with Crippen LogP contribution in [0.1, 0.15) is 71.1 Å². The number of imidazole rings is 2. The second-order valence-corrected chi connectivity index (χ2v) is 15.5. The predicted octanol–water partition coefficient (Wildman–Crippen LogP) is 6.35. The fourth-order valence-corrected chi connectivity index (χ4v) is 8.09. The summed E-state index contributed by atoms with van der Waals surface area (Å²) in [5, 5.41) is 11.0. The van der Waals surface area contributed by atoms with Crippen LogP contribution in [0.25, 0.3) is 44.2 Å². The number of Topliss-reactive ketones (excluding diaryl/α,β-unsaturated/α-hetero) is 1. The van der Waals surface area contributed by atoms with Crippen molar-refractivity contribution in [3.63, 3.8) is 0 Å². The fraction of sp³-hybridized carbons (Fsp3) is 0.429. The summed E-state index contributed by atoms with van der Waals surface area (Å²) in [5.41, 5.74) is 4.37. The van der Waals surface area contributed by atoms with Gasteiger partial charge in [0.15, 0.2) is 5.78 Å². The number of ketones is 1. The van der Waals surface area contributed by atoms with Gasteiger partial charge in [-0.05, 0) is 90.2 Å². The van der Waals surface area contributed by atoms with Crippen LogP contribution < -0.4 is 16.0 Å². The number of nitrogens with zero attached hydrogens (tertiary/aromatic N) is 3. The molecule has 2 aliphatic rings. The van der Waals surface area contributed by atoms with E-state index in [4.69, 9.17) is 19.4 Å². The third-order valence-electron chi connectivity index (χ3n) is 11.2. The molecule has 4 heterocycles. The maximum absolute atomic E-state index is 14.1. The Hall–Kier alpha value is -5.76. The van der Waals surface area contributed by atoms with Crippen LogP contribution in [-0.2, 0) is 24.6 Å². The molecule has 56 heavy (non-hydrogen) atoms. The van der Waals surface area contributed by atoms with E-state index in [9.17, 15) is 19.2 Å². The number of fused-ring (bicyclic) bond motifs is 2. The van der Waals surface area contributed by atoms with Gasteiger partial charge in [-0.15, -0.1) is 0 Å². The van der Waals surface area contributed by atoms with Gasteiger partial charge in [0, 0.05) is 12.1 Å². The van der Waals surface area contributed by atoms with Crippen molar-refractivity contribution >= 4 is 45.7 Å². The number of H-pyrrole nitrogens is 2. The lowest BCUT2D eigenvalue weighted by Gasteiger charge is -2.32. The van der Waals surface area contributed by atoms with Crippen LogP contribution in [0.2, 0.25) is 0 Å². The molecular weight excluding hydrogens is 713 g/mol. The second kappa shape index (κ2) is 15.8. The van der Waals surface area contributed by atoms with Gasteiger partial charge in [-0.1, -0.05) is 58.0 Å². The van der Waals surface area contributed by atoms with Gasteiger partial charge in [-0.25, -0.2) is 19.6 Å². The minimum Gasteiger partial charge on any atom is -0.453 e. The van der Waals surface area contributed by atoms with Crippen molar-refractivity contribution < 1.29 is 28.7 Å². The van der Waals surface area contributed by atoms with E-state index in [0.29, 0.717) is 25.3 Å². The molecule has 2 aromatic heterocycles. The second-order valence-electron chi connectivity index (χ2n) is 15.5. The Morgan fingerprint density at radius 2 is 1.46 bits per heavy atom. The predicted molar refractivity (Wildman–Crippen MR) is 213 cm³/mol. The molecule has 0 bridgehead atoms. The van der Waals surface area contributed by atoms with E-state index in [1.54, 1.807) is 0 Å². The van der Waals surface area contributed by atoms with E-state index in [0.717, 1.165) is 69.3 Å². The Balaban J connectivity index is 1.11. The van der Waals surface area contributed by atoms with E-state index >= 15 is 0 Å². The Labute approximate surface area is 325 Å². The zero-order chi connectivity index (χ0) is 39.7. The van der Waals surface area contributed by atoms with Crippen molar-refractivity contribution in [1.82, 2.24) is 40.8 Å². The topological polar surface area (TPSA) is 183 Å². The number of aromatic amines is 2. The number of hydrogen-bond acceptors (Lipinski definition) is 9. The monoisotopic (exact) mass is 762 g/mol. The normalized spacial score (nSPS) is 19.4. The Morgan fingerprint density at radius 3 is 2.12 bits per heavy atom. The van der Waals surface area contributed by atoms with E-state index in [-0.39, 0.29) is 29.6 Å². The number of carbonyl (C=O) groups is 4. The SMILES string of the molecule is COC(=O)N[C@H](C(=O)N1CCC[C@H]1c1ncc(-c2ccc3cc(-c4ccc5nc([C@]6(C(=O)[C@@H](NC(=O)OC)C(C)C)CCCN6)[nH]c5c4)ccc3c2)[nH]1)C(C)C. The molecule has 4 atom stereocenters. The first-order chi connectivity index (χ1) is 26.9. The summed E-state index contributed by atoms with van der Waals surface area (Å²) in [4.78, 5) is 70.2. The number of hydrogen-bond donors (Lipinski definition) is 5. The molecule has 2 aliphatic heterocycles. The van der Waals surface area contributed by atoms with Gasteiger partial charge in [0.05, 0.1) is 49.2 Å². The lowest BCUT2D eigenvalue weighted by Crippen LogP contribution is -2.57. The number of rotatable bonds is 11. The first-order valence-corrected chi connectivity index (χ1v) is 19.3. The number of aromatic nitrogens is 4. The van der Waals surface area contributed by atoms with Crippen LogP contribution in [0.4, 0.5) is 9.59 Å². The smallest absolute Gasteiger partial charge is 0.407 e. The summed E-state index contributed by atoms with van der Waals surface area (Å²) in [6, 6.07) is 17.0. The lowest BCUT2D eigenvalue weighted by atomic mass is 9.83. The number of benzene rings is 3. The van der Waals surface area contributed by atoms with Crippen LogP contribution >= 0.6 is 0 Å². The Kier molecular flexibility index (Phi) is 10.8. The number of methoxy groups -OCH3 is 2. The minimum absolute atomic E-state index is 0.111. The quantitative estimate of drug-likeness (QED) is 0.102. The van der Waals surface area contributed by atoms with E-state index in [1.807, 2.05) is 50.9 Å². The Bertz CT molecular complexity index is 2270. The van der Waals surface area contributed by atoms with Gasteiger partial charge >= 0.3 is 12.2 Å². The van der Waals surface area contributed by atoms with Gasteiger partial charge < -0.3 is 35.0 Å². The number of nitrogens with one attached hydrogen (secondary N) is 5. The number of alkyl carbamates (subject to hydrolysis) is 2. The van der Waals surface area contributed by atoms with Crippen molar-refractivity contribution in [3.05, 3.63) is 72.4 Å². The summed E-state index contributed by atoms with van der Waals surface area (Å²) in [5.74, 6) is 0.709. The molecule has 2 fully saturated rings. The molecule has 0 radical (unpaired) electrons. The summed E-state index contributed by atoms with van der Waals surface area (Å²) in [6.07, 6.45) is 3.52. The summed E-state index contributed by atoms with van der Waals surface area (Å²) in [7, 11) is 2.58. The number of amides is 3. The maximum atomic E-state index is 14.1. The summed E-state index contributed by atoms with van der Waals surface area (Å²) >= 11 is 0. The molecule has 5 aromatic rings. The molecule has 2 saturated heterocycles. The fourth-order valence-electron chi connectivity index (χ4n) is 8.09. The number of carbonyl (C=O) groups excluding carboxylic acids is 4. The van der Waals surface area contributed by atoms with Crippen molar-refractivity contribution in [2.24, 2.45) is 11.8 Å². The molecular formula is C42H50N8O6. The van der Waals surface area contributed by atoms with Crippen molar-refractivity contribution in [1.29, 1.82) is 0 Å². The average Bonchev–Trinajstić information content (AvgIpc) is 4.04. The van der Waals surface area contributed by atoms with Crippen molar-refractivity contribution in [2.75, 3.05) is 27.3 Å². The van der Waals surface area contributed by atoms with Gasteiger partial charge in [0.1, 0.15) is 23.2 Å². The van der Waals surface area contributed by atoms with E-state index in [1.165, 1.54) is 14.2 Å². The molecule has 0 aliphatic carbocycles. The van der Waals surface area contributed by atoms with Crippen LogP contribution in [-0.4, -0.2) is 88.1 Å². The summed E-state index contributed by atoms with van der Waals surface area (Å²) < 4.78 is 9.58. The van der Waals surface area contributed by atoms with Gasteiger partial charge in [0.2, 0.25) is 5.91 Å². The highest BCUT2D eigenvalue weighted by Gasteiger charge is 2.49. The molecule has 14 heteroatoms. The van der Waals surface area contributed by atoms with Gasteiger partial charge in [0.25, 0.3) is 0 Å². The van der Waals surface area contributed by atoms with E-state index < -0.39 is 29.8 Å². The largest absolute Gasteiger partial charge is 0.453 e. The molecule has 5 N–H and O–H groups in total. The molecule has 0 unspecified atom stereocenters. The van der Waals surface area contributed by atoms with Crippen molar-refractivity contribution in [3.8, 4) is 22.4 Å². The highest BCUT2D eigenvalue weighted by molar-refractivity contribution is 5.97. The minimum atomic E-state index is -1.06. The molecule has 3 aromatic carbocycles. The summed E-state index contributed by atoms with van der Waals surface area (Å²) in [6.45, 7) is 8.85. The highest BCUT2D eigenvalue weighted by atomic mass is 16.5. The Morgan fingerprint density at radius 1 is 0.821 bits per heavy atom. The third-order valence-corrected chi connectivity index (χ3v) is 11.2. The standard InChI is InChI=1S/C42H50N8O6/c1-23(2)34(48-40(53)55-5)36(51)42(16-8-17-44-42)39-46-30-15-14-28(21-31(30)47-39)26-10-11-27-20-29(13-12-25(27)19-26)32-22-43-37(45-32)33-9-7-18-50(33)38(52)35(24(3)4)49-41(54)56-6/h10-15,19-24,33-35,44H,7-9,16-18H2,1-6H3,(H,43,45)(H,46,47)(H,48,53)(H,49,54)/t33-,34-,35-,42+/m0/s1. The third kappa shape index (κ3) is 7.32. The van der Waals surface area contributed by atoms with E-state index in [2.05, 4.69) is 68.4 Å². The number of ether oxygens (including phenoxy) is 2. The molecule has 7 rings (SSSR count). The van der Waals surface area contributed by atoms with Crippen LogP contribution in [0.3, 0.4) is 0 Å². The average molecular weight is 763 g/mol. The first-order valence-electron chi connectivity index (χ1n) is 19.3. The van der Waals surface area contributed by atoms with Crippen LogP contribution in [0, 0.1) is 11.8 Å². The maximum Gasteiger partial charge on any atom is 0.407 e. The van der Waals surface area contributed by atoms with Crippen LogP contribution in [0.5, 0.6) is 0 Å². The first kappa shape index (κ1) is 38.5. The highest BCUT2D eigenvalue weighted by Crippen LogP contribution is 2.36. The van der Waals surface area contributed by atoms with Crippen LogP contribution in [0.15, 0.2) is 60.8 Å². The number of likely N-dealkylation sites (tertiary alicyclic amines) is 1. The zero-order valence-electron chi connectivity index (χ0n) is 32.7. The molecule has 3 amide bonds. The molecule has 0 saturated carbocycles.